The highest BCUT2D eigenvalue weighted by atomic mass is 32.2. The zero-order valence-electron chi connectivity index (χ0n) is 20.2. The maximum absolute atomic E-state index is 6.12. The molecule has 1 unspecified atom stereocenters. The molecule has 0 radical (unpaired) electrons. The Morgan fingerprint density at radius 3 is 2.59 bits per heavy atom. The van der Waals surface area contributed by atoms with Gasteiger partial charge >= 0.3 is 0 Å². The molecule has 5 heteroatoms. The van der Waals surface area contributed by atoms with Gasteiger partial charge in [0.25, 0.3) is 0 Å². The normalized spacial score (nSPS) is 17.3. The number of thioether (sulfide) groups is 1. The SMILES string of the molecule is C=C(NC/C(C)=C/C=C(/C)NC)c1cc(OCC2CCCO2)cc(C(=C)S/C(C)=C\C)c1. The lowest BCUT2D eigenvalue weighted by molar-refractivity contribution is 0.0679. The highest BCUT2D eigenvalue weighted by Crippen LogP contribution is 2.35. The van der Waals surface area contributed by atoms with Gasteiger partial charge in [0.2, 0.25) is 0 Å². The molecule has 32 heavy (non-hydrogen) atoms. The first-order valence-electron chi connectivity index (χ1n) is 11.2. The van der Waals surface area contributed by atoms with Crippen molar-refractivity contribution in [1.82, 2.24) is 10.6 Å². The Balaban J connectivity index is 2.16. The molecule has 2 rings (SSSR count). The van der Waals surface area contributed by atoms with Gasteiger partial charge in [-0.3, -0.25) is 0 Å². The summed E-state index contributed by atoms with van der Waals surface area (Å²) in [6, 6.07) is 6.22. The van der Waals surface area contributed by atoms with Crippen molar-refractivity contribution in [1.29, 1.82) is 0 Å². The van der Waals surface area contributed by atoms with Crippen LogP contribution in [0.3, 0.4) is 0 Å². The second-order valence-corrected chi connectivity index (χ2v) is 9.40. The number of rotatable bonds is 12. The van der Waals surface area contributed by atoms with Crippen molar-refractivity contribution in [3.8, 4) is 5.75 Å². The molecule has 174 valence electrons. The van der Waals surface area contributed by atoms with Crippen molar-refractivity contribution in [2.45, 2.75) is 46.6 Å². The summed E-state index contributed by atoms with van der Waals surface area (Å²) in [5.41, 5.74) is 5.24. The molecule has 0 amide bonds. The molecule has 4 nitrogen and oxygen atoms in total. The molecule has 0 bridgehead atoms. The smallest absolute Gasteiger partial charge is 0.120 e. The van der Waals surface area contributed by atoms with Gasteiger partial charge in [0.1, 0.15) is 12.4 Å². The van der Waals surface area contributed by atoms with Crippen LogP contribution in [0.4, 0.5) is 0 Å². The predicted octanol–water partition coefficient (Wildman–Crippen LogP) is 6.50. The predicted molar refractivity (Wildman–Crippen MR) is 141 cm³/mol. The molecular formula is C27H38N2O2S. The zero-order valence-corrected chi connectivity index (χ0v) is 21.0. The lowest BCUT2D eigenvalue weighted by Gasteiger charge is -2.17. The molecule has 0 aliphatic carbocycles. The van der Waals surface area contributed by atoms with Crippen molar-refractivity contribution in [2.24, 2.45) is 0 Å². The molecule has 0 spiro atoms. The lowest BCUT2D eigenvalue weighted by Crippen LogP contribution is -2.17. The number of ether oxygens (including phenoxy) is 2. The number of hydrogen-bond acceptors (Lipinski definition) is 5. The molecule has 1 heterocycles. The summed E-state index contributed by atoms with van der Waals surface area (Å²) in [6.07, 6.45) is 8.60. The zero-order chi connectivity index (χ0) is 23.5. The summed E-state index contributed by atoms with van der Waals surface area (Å²) < 4.78 is 11.8. The second kappa shape index (κ2) is 13.2. The van der Waals surface area contributed by atoms with Gasteiger partial charge in [-0.1, -0.05) is 42.6 Å². The second-order valence-electron chi connectivity index (χ2n) is 8.06. The van der Waals surface area contributed by atoms with E-state index in [0.29, 0.717) is 6.61 Å². The van der Waals surface area contributed by atoms with E-state index in [1.165, 1.54) is 10.5 Å². The van der Waals surface area contributed by atoms with E-state index in [1.807, 2.05) is 27.0 Å². The van der Waals surface area contributed by atoms with Crippen molar-refractivity contribution < 1.29 is 9.47 Å². The van der Waals surface area contributed by atoms with Gasteiger partial charge in [-0.25, -0.2) is 0 Å². The molecule has 1 aliphatic heterocycles. The lowest BCUT2D eigenvalue weighted by atomic mass is 10.1. The Bertz CT molecular complexity index is 893. The number of allylic oxidation sites excluding steroid dienone is 5. The topological polar surface area (TPSA) is 42.5 Å². The van der Waals surface area contributed by atoms with Crippen LogP contribution in [0, 0.1) is 0 Å². The molecular weight excluding hydrogens is 416 g/mol. The van der Waals surface area contributed by atoms with Crippen LogP contribution in [0.2, 0.25) is 0 Å². The van der Waals surface area contributed by atoms with E-state index in [9.17, 15) is 0 Å². The summed E-state index contributed by atoms with van der Waals surface area (Å²) in [4.78, 5) is 2.20. The van der Waals surface area contributed by atoms with Crippen LogP contribution < -0.4 is 15.4 Å². The van der Waals surface area contributed by atoms with E-state index in [1.54, 1.807) is 11.8 Å². The van der Waals surface area contributed by atoms with Crippen LogP contribution in [-0.2, 0) is 4.74 Å². The van der Waals surface area contributed by atoms with Crippen LogP contribution >= 0.6 is 11.8 Å². The van der Waals surface area contributed by atoms with E-state index in [4.69, 9.17) is 9.47 Å². The van der Waals surface area contributed by atoms with Crippen LogP contribution in [-0.4, -0.2) is 32.9 Å². The van der Waals surface area contributed by atoms with E-state index >= 15 is 0 Å². The van der Waals surface area contributed by atoms with Gasteiger partial charge in [0.05, 0.1) is 6.10 Å². The summed E-state index contributed by atoms with van der Waals surface area (Å²) in [6.45, 7) is 18.9. The number of hydrogen-bond donors (Lipinski definition) is 2. The highest BCUT2D eigenvalue weighted by Gasteiger charge is 2.17. The third-order valence-electron chi connectivity index (χ3n) is 5.32. The monoisotopic (exact) mass is 454 g/mol. The Morgan fingerprint density at radius 2 is 1.94 bits per heavy atom. The molecule has 1 aliphatic rings. The summed E-state index contributed by atoms with van der Waals surface area (Å²) >= 11 is 1.67. The average molecular weight is 455 g/mol. The Hall–Kier alpha value is -2.37. The van der Waals surface area contributed by atoms with Crippen molar-refractivity contribution in [3.05, 3.63) is 76.9 Å². The minimum absolute atomic E-state index is 0.174. The van der Waals surface area contributed by atoms with Crippen molar-refractivity contribution in [2.75, 3.05) is 26.8 Å². The highest BCUT2D eigenvalue weighted by molar-refractivity contribution is 8.11. The average Bonchev–Trinajstić information content (AvgIpc) is 3.32. The Kier molecular flexibility index (Phi) is 10.7. The standard InChI is InChI=1S/C27H38N2O2S/c1-8-21(4)32-23(6)25-14-24(15-27(16-25)31-18-26-10-9-13-30-26)22(5)29-17-19(2)11-12-20(3)28-7/h8,11-12,14-16,26,28-29H,5-6,9-10,13,17-18H2,1-4,7H3/b19-11+,20-12-,21-8-. The molecule has 2 N–H and O–H groups in total. The van der Waals surface area contributed by atoms with Crippen molar-refractivity contribution >= 4 is 22.4 Å². The van der Waals surface area contributed by atoms with Gasteiger partial charge in [-0.15, -0.1) is 0 Å². The maximum Gasteiger partial charge on any atom is 0.120 e. The fraction of sp³-hybridized carbons (Fsp3) is 0.407. The fourth-order valence-corrected chi connectivity index (χ4v) is 3.79. The molecule has 1 fully saturated rings. The first-order chi connectivity index (χ1) is 15.3. The fourth-order valence-electron chi connectivity index (χ4n) is 3.05. The minimum atomic E-state index is 0.174. The molecule has 1 aromatic carbocycles. The largest absolute Gasteiger partial charge is 0.491 e. The minimum Gasteiger partial charge on any atom is -0.491 e. The first kappa shape index (κ1) is 25.9. The molecule has 1 atom stereocenters. The molecule has 1 saturated heterocycles. The van der Waals surface area contributed by atoms with Gasteiger partial charge in [-0.2, -0.15) is 0 Å². The first-order valence-corrected chi connectivity index (χ1v) is 12.0. The molecule has 1 aromatic rings. The van der Waals surface area contributed by atoms with Gasteiger partial charge in [0.15, 0.2) is 0 Å². The van der Waals surface area contributed by atoms with Crippen LogP contribution in [0.25, 0.3) is 10.6 Å². The van der Waals surface area contributed by atoms with Gasteiger partial charge in [-0.05, 0) is 75.3 Å². The third-order valence-corrected chi connectivity index (χ3v) is 6.36. The quantitative estimate of drug-likeness (QED) is 0.353. The summed E-state index contributed by atoms with van der Waals surface area (Å²) in [5.74, 6) is 0.815. The van der Waals surface area contributed by atoms with E-state index in [2.05, 4.69) is 68.0 Å². The molecule has 0 aromatic heterocycles. The molecule has 0 saturated carbocycles. The van der Waals surface area contributed by atoms with Crippen LogP contribution in [0.5, 0.6) is 5.75 Å². The van der Waals surface area contributed by atoms with Crippen molar-refractivity contribution in [3.63, 3.8) is 0 Å². The Labute approximate surface area is 198 Å². The van der Waals surface area contributed by atoms with E-state index in [-0.39, 0.29) is 6.10 Å². The third kappa shape index (κ3) is 8.64. The Morgan fingerprint density at radius 1 is 1.19 bits per heavy atom. The van der Waals surface area contributed by atoms with Gasteiger partial charge < -0.3 is 20.1 Å². The summed E-state index contributed by atoms with van der Waals surface area (Å²) in [5, 5.41) is 6.57. The maximum atomic E-state index is 6.12. The number of nitrogens with one attached hydrogen (secondary N) is 2. The van der Waals surface area contributed by atoms with Crippen LogP contribution in [0.15, 0.2) is 65.8 Å². The van der Waals surface area contributed by atoms with Gasteiger partial charge in [0, 0.05) is 42.1 Å². The number of benzene rings is 1. The van der Waals surface area contributed by atoms with E-state index in [0.717, 1.165) is 59.2 Å². The summed E-state index contributed by atoms with van der Waals surface area (Å²) in [7, 11) is 1.92. The van der Waals surface area contributed by atoms with E-state index < -0.39 is 0 Å². The van der Waals surface area contributed by atoms with Crippen LogP contribution in [0.1, 0.15) is 51.7 Å².